The van der Waals surface area contributed by atoms with Gasteiger partial charge in [0.05, 0.1) is 0 Å². The average Bonchev–Trinajstić information content (AvgIpc) is 2.92. The molecule has 1 aliphatic carbocycles. The quantitative estimate of drug-likeness (QED) is 0.742. The second-order valence-electron chi connectivity index (χ2n) is 3.55. The number of thioether (sulfide) groups is 1. The van der Waals surface area contributed by atoms with Crippen LogP contribution in [0.5, 0.6) is 5.75 Å². The van der Waals surface area contributed by atoms with E-state index in [4.69, 9.17) is 0 Å². The SMILES string of the molecule is Oc1ccccc1SCCC1CC1. The normalized spacial score (nSPS) is 16.0. The number of hydrogen-bond donors (Lipinski definition) is 1. The minimum absolute atomic E-state index is 0.420. The van der Waals surface area contributed by atoms with Gasteiger partial charge in [-0.1, -0.05) is 25.0 Å². The first-order chi connectivity index (χ1) is 6.36. The lowest BCUT2D eigenvalue weighted by Gasteiger charge is -2.02. The highest BCUT2D eigenvalue weighted by atomic mass is 32.2. The highest BCUT2D eigenvalue weighted by Gasteiger charge is 2.20. The molecule has 0 aliphatic heterocycles. The van der Waals surface area contributed by atoms with E-state index >= 15 is 0 Å². The summed E-state index contributed by atoms with van der Waals surface area (Å²) in [5.74, 6) is 2.55. The molecular formula is C11H14OS. The van der Waals surface area contributed by atoms with E-state index in [-0.39, 0.29) is 0 Å². The van der Waals surface area contributed by atoms with E-state index in [1.54, 1.807) is 17.8 Å². The van der Waals surface area contributed by atoms with Crippen molar-refractivity contribution in [2.24, 2.45) is 5.92 Å². The molecule has 0 spiro atoms. The van der Waals surface area contributed by atoms with Crippen molar-refractivity contribution in [3.63, 3.8) is 0 Å². The zero-order valence-electron chi connectivity index (χ0n) is 7.57. The summed E-state index contributed by atoms with van der Waals surface area (Å²) in [4.78, 5) is 1.02. The van der Waals surface area contributed by atoms with Gasteiger partial charge in [-0.15, -0.1) is 11.8 Å². The summed E-state index contributed by atoms with van der Waals surface area (Å²) in [6, 6.07) is 7.56. The van der Waals surface area contributed by atoms with E-state index in [1.807, 2.05) is 18.2 Å². The van der Waals surface area contributed by atoms with Crippen LogP contribution in [0.4, 0.5) is 0 Å². The van der Waals surface area contributed by atoms with Crippen molar-refractivity contribution in [1.82, 2.24) is 0 Å². The van der Waals surface area contributed by atoms with Crippen molar-refractivity contribution in [3.05, 3.63) is 24.3 Å². The molecular weight excluding hydrogens is 180 g/mol. The Morgan fingerprint density at radius 3 is 2.77 bits per heavy atom. The second kappa shape index (κ2) is 4.05. The van der Waals surface area contributed by atoms with Gasteiger partial charge in [-0.3, -0.25) is 0 Å². The minimum Gasteiger partial charge on any atom is -0.507 e. The van der Waals surface area contributed by atoms with Crippen molar-refractivity contribution in [1.29, 1.82) is 0 Å². The Labute approximate surface area is 83.2 Å². The highest BCUT2D eigenvalue weighted by Crippen LogP contribution is 2.36. The smallest absolute Gasteiger partial charge is 0.129 e. The number of para-hydroxylation sites is 1. The first-order valence-electron chi connectivity index (χ1n) is 4.77. The van der Waals surface area contributed by atoms with Gasteiger partial charge in [-0.2, -0.15) is 0 Å². The molecule has 1 aromatic rings. The van der Waals surface area contributed by atoms with Crippen LogP contribution in [0.2, 0.25) is 0 Å². The zero-order chi connectivity index (χ0) is 9.10. The Balaban J connectivity index is 1.82. The molecule has 1 saturated carbocycles. The van der Waals surface area contributed by atoms with E-state index in [9.17, 15) is 5.11 Å². The van der Waals surface area contributed by atoms with Gasteiger partial charge in [0.25, 0.3) is 0 Å². The van der Waals surface area contributed by atoms with Gasteiger partial charge in [-0.05, 0) is 30.2 Å². The number of phenolic OH excluding ortho intramolecular Hbond substituents is 1. The summed E-state index contributed by atoms with van der Waals surface area (Å²) in [6.45, 7) is 0. The fraction of sp³-hybridized carbons (Fsp3) is 0.455. The van der Waals surface area contributed by atoms with E-state index in [2.05, 4.69) is 0 Å². The minimum atomic E-state index is 0.420. The molecule has 1 nitrogen and oxygen atoms in total. The number of rotatable bonds is 4. The van der Waals surface area contributed by atoms with Crippen LogP contribution in [0.1, 0.15) is 19.3 Å². The van der Waals surface area contributed by atoms with Gasteiger partial charge in [-0.25, -0.2) is 0 Å². The molecule has 0 atom stereocenters. The van der Waals surface area contributed by atoms with E-state index in [0.717, 1.165) is 16.6 Å². The van der Waals surface area contributed by atoms with Crippen molar-refractivity contribution in [3.8, 4) is 5.75 Å². The van der Waals surface area contributed by atoms with E-state index < -0.39 is 0 Å². The van der Waals surface area contributed by atoms with Crippen LogP contribution in [-0.4, -0.2) is 10.9 Å². The molecule has 0 bridgehead atoms. The molecule has 1 fully saturated rings. The Morgan fingerprint density at radius 2 is 2.08 bits per heavy atom. The van der Waals surface area contributed by atoms with E-state index in [1.165, 1.54) is 19.3 Å². The Bertz CT molecular complexity index is 281. The molecule has 2 heteroatoms. The van der Waals surface area contributed by atoms with Crippen LogP contribution in [0, 0.1) is 5.92 Å². The van der Waals surface area contributed by atoms with Gasteiger partial charge in [0.2, 0.25) is 0 Å². The molecule has 0 unspecified atom stereocenters. The van der Waals surface area contributed by atoms with Gasteiger partial charge in [0, 0.05) is 4.90 Å². The monoisotopic (exact) mass is 194 g/mol. The number of benzene rings is 1. The Morgan fingerprint density at radius 1 is 1.31 bits per heavy atom. The maximum atomic E-state index is 9.47. The standard InChI is InChI=1S/C11H14OS/c12-10-3-1-2-4-11(10)13-8-7-9-5-6-9/h1-4,9,12H,5-8H2. The molecule has 0 heterocycles. The lowest BCUT2D eigenvalue weighted by molar-refractivity contribution is 0.462. The third-order valence-electron chi connectivity index (χ3n) is 2.35. The third kappa shape index (κ3) is 2.66. The van der Waals surface area contributed by atoms with Crippen molar-refractivity contribution < 1.29 is 5.11 Å². The van der Waals surface area contributed by atoms with Crippen LogP contribution in [-0.2, 0) is 0 Å². The molecule has 1 aliphatic rings. The van der Waals surface area contributed by atoms with E-state index in [0.29, 0.717) is 5.75 Å². The third-order valence-corrected chi connectivity index (χ3v) is 3.44. The van der Waals surface area contributed by atoms with Crippen molar-refractivity contribution in [2.45, 2.75) is 24.2 Å². The van der Waals surface area contributed by atoms with Crippen LogP contribution in [0.15, 0.2) is 29.2 Å². The predicted octanol–water partition coefficient (Wildman–Crippen LogP) is 3.28. The first kappa shape index (κ1) is 8.95. The van der Waals surface area contributed by atoms with Crippen molar-refractivity contribution >= 4 is 11.8 Å². The molecule has 0 aromatic heterocycles. The fourth-order valence-corrected chi connectivity index (χ4v) is 2.38. The van der Waals surface area contributed by atoms with Gasteiger partial charge >= 0.3 is 0 Å². The van der Waals surface area contributed by atoms with Crippen LogP contribution >= 0.6 is 11.8 Å². The maximum Gasteiger partial charge on any atom is 0.129 e. The number of hydrogen-bond acceptors (Lipinski definition) is 2. The molecule has 1 N–H and O–H groups in total. The van der Waals surface area contributed by atoms with Crippen molar-refractivity contribution in [2.75, 3.05) is 5.75 Å². The van der Waals surface area contributed by atoms with Crippen LogP contribution in [0.25, 0.3) is 0 Å². The topological polar surface area (TPSA) is 20.2 Å². The molecule has 2 rings (SSSR count). The summed E-state index contributed by atoms with van der Waals surface area (Å²) in [5.41, 5.74) is 0. The molecule has 0 saturated heterocycles. The van der Waals surface area contributed by atoms with Gasteiger partial charge in [0.1, 0.15) is 5.75 Å². The van der Waals surface area contributed by atoms with Crippen LogP contribution < -0.4 is 0 Å². The summed E-state index contributed by atoms with van der Waals surface area (Å²) in [6.07, 6.45) is 4.14. The summed E-state index contributed by atoms with van der Waals surface area (Å²) in [7, 11) is 0. The second-order valence-corrected chi connectivity index (χ2v) is 4.68. The fourth-order valence-electron chi connectivity index (χ4n) is 1.32. The lowest BCUT2D eigenvalue weighted by atomic mass is 10.3. The molecule has 13 heavy (non-hydrogen) atoms. The Hall–Kier alpha value is -0.630. The molecule has 0 radical (unpaired) electrons. The Kier molecular flexibility index (Phi) is 2.79. The largest absolute Gasteiger partial charge is 0.507 e. The number of aromatic hydroxyl groups is 1. The summed E-state index contributed by atoms with van der Waals surface area (Å²) in [5, 5.41) is 9.47. The highest BCUT2D eigenvalue weighted by molar-refractivity contribution is 7.99. The summed E-state index contributed by atoms with van der Waals surface area (Å²) >= 11 is 1.77. The maximum absolute atomic E-state index is 9.47. The first-order valence-corrected chi connectivity index (χ1v) is 5.75. The van der Waals surface area contributed by atoms with Gasteiger partial charge in [0.15, 0.2) is 0 Å². The van der Waals surface area contributed by atoms with Crippen LogP contribution in [0.3, 0.4) is 0 Å². The average molecular weight is 194 g/mol. The van der Waals surface area contributed by atoms with Gasteiger partial charge < -0.3 is 5.11 Å². The number of phenols is 1. The molecule has 70 valence electrons. The zero-order valence-corrected chi connectivity index (χ0v) is 8.39. The molecule has 0 amide bonds. The lowest BCUT2D eigenvalue weighted by Crippen LogP contribution is -1.81. The predicted molar refractivity (Wildman–Crippen MR) is 56.2 cm³/mol. The molecule has 1 aromatic carbocycles. The summed E-state index contributed by atoms with van der Waals surface area (Å²) < 4.78 is 0.